The summed E-state index contributed by atoms with van der Waals surface area (Å²) in [5.74, 6) is -2.18. The largest absolute Gasteiger partial charge is 0.323 e. The molecule has 0 radical (unpaired) electrons. The molecule has 4 rings (SSSR count). The molecule has 31 heavy (non-hydrogen) atoms. The van der Waals surface area contributed by atoms with Gasteiger partial charge < -0.3 is 5.32 Å². The summed E-state index contributed by atoms with van der Waals surface area (Å²) >= 11 is 7.08. The average Bonchev–Trinajstić information content (AvgIpc) is 2.75. The number of nitrogens with one attached hydrogen (secondary N) is 1. The normalized spacial score (nSPS) is 10.9. The molecule has 0 aliphatic carbocycles. The lowest BCUT2D eigenvalue weighted by molar-refractivity contribution is -0.113. The Morgan fingerprint density at radius 2 is 1.87 bits per heavy atom. The molecule has 4 aromatic rings. The summed E-state index contributed by atoms with van der Waals surface area (Å²) in [5, 5.41) is 3.45. The second-order valence-electron chi connectivity index (χ2n) is 6.49. The molecule has 5 nitrogen and oxygen atoms in total. The van der Waals surface area contributed by atoms with Gasteiger partial charge in [0, 0.05) is 11.1 Å². The fourth-order valence-corrected chi connectivity index (χ4v) is 3.96. The number of carbonyl (C=O) groups excluding carboxylic acids is 1. The lowest BCUT2D eigenvalue weighted by Gasteiger charge is -2.13. The number of rotatable bonds is 5. The second-order valence-corrected chi connectivity index (χ2v) is 7.87. The van der Waals surface area contributed by atoms with Gasteiger partial charge in [-0.05, 0) is 42.5 Å². The van der Waals surface area contributed by atoms with Crippen LogP contribution in [0.2, 0.25) is 5.02 Å². The van der Waals surface area contributed by atoms with E-state index < -0.39 is 17.5 Å². The summed E-state index contributed by atoms with van der Waals surface area (Å²) in [6.07, 6.45) is 0. The van der Waals surface area contributed by atoms with E-state index in [0.29, 0.717) is 21.6 Å². The topological polar surface area (TPSA) is 64.0 Å². The zero-order valence-corrected chi connectivity index (χ0v) is 17.4. The number of halogens is 3. The number of fused-ring (bicyclic) bond motifs is 1. The predicted octanol–water partition coefficient (Wildman–Crippen LogP) is 5.05. The van der Waals surface area contributed by atoms with Gasteiger partial charge in [-0.25, -0.2) is 13.8 Å². The quantitative estimate of drug-likeness (QED) is 0.336. The average molecular weight is 458 g/mol. The van der Waals surface area contributed by atoms with Crippen LogP contribution in [0.15, 0.2) is 76.7 Å². The molecular formula is C22H14ClF2N3O2S. The first-order chi connectivity index (χ1) is 14.9. The van der Waals surface area contributed by atoms with Crippen LogP contribution in [-0.2, 0) is 4.79 Å². The zero-order chi connectivity index (χ0) is 22.0. The Morgan fingerprint density at radius 1 is 1.06 bits per heavy atom. The number of hydrogen-bond donors (Lipinski definition) is 1. The molecule has 1 amide bonds. The summed E-state index contributed by atoms with van der Waals surface area (Å²) in [4.78, 5) is 30.0. The highest BCUT2D eigenvalue weighted by Crippen LogP contribution is 2.23. The fourth-order valence-electron chi connectivity index (χ4n) is 2.96. The third kappa shape index (κ3) is 4.60. The molecule has 0 fully saturated rings. The van der Waals surface area contributed by atoms with E-state index >= 15 is 0 Å². The minimum atomic E-state index is -0.751. The van der Waals surface area contributed by atoms with Crippen molar-refractivity contribution in [2.75, 3.05) is 11.1 Å². The summed E-state index contributed by atoms with van der Waals surface area (Å²) in [5.41, 5.74) is 0.399. The van der Waals surface area contributed by atoms with Crippen molar-refractivity contribution in [1.29, 1.82) is 0 Å². The van der Waals surface area contributed by atoms with Crippen molar-refractivity contribution >= 4 is 45.9 Å². The number of aromatic nitrogens is 2. The molecule has 1 N–H and O–H groups in total. The number of para-hydroxylation sites is 1. The van der Waals surface area contributed by atoms with E-state index in [9.17, 15) is 18.4 Å². The van der Waals surface area contributed by atoms with E-state index in [2.05, 4.69) is 10.3 Å². The molecule has 0 aliphatic rings. The van der Waals surface area contributed by atoms with Crippen LogP contribution < -0.4 is 10.9 Å². The van der Waals surface area contributed by atoms with Crippen LogP contribution in [0.5, 0.6) is 0 Å². The first-order valence-corrected chi connectivity index (χ1v) is 10.4. The predicted molar refractivity (Wildman–Crippen MR) is 118 cm³/mol. The van der Waals surface area contributed by atoms with Crippen LogP contribution in [0, 0.1) is 11.6 Å². The molecule has 1 aromatic heterocycles. The number of carbonyl (C=O) groups is 1. The van der Waals surface area contributed by atoms with E-state index in [1.807, 2.05) is 0 Å². The molecule has 156 valence electrons. The highest BCUT2D eigenvalue weighted by atomic mass is 35.5. The second kappa shape index (κ2) is 8.87. The summed E-state index contributed by atoms with van der Waals surface area (Å²) < 4.78 is 28.5. The standard InChI is InChI=1S/C22H14ClF2N3O2S/c23-13-4-3-5-15(10-13)28-21(30)16-6-1-2-7-18(16)27-22(28)31-12-20(29)26-19-11-14(24)8-9-17(19)25/h1-11H,12H2,(H,26,29). The first-order valence-electron chi connectivity index (χ1n) is 9.08. The molecule has 1 heterocycles. The van der Waals surface area contributed by atoms with E-state index in [1.165, 1.54) is 4.57 Å². The smallest absolute Gasteiger partial charge is 0.266 e. The number of nitrogens with zero attached hydrogens (tertiary/aromatic N) is 2. The number of hydrogen-bond acceptors (Lipinski definition) is 4. The molecule has 0 atom stereocenters. The van der Waals surface area contributed by atoms with Gasteiger partial charge in [-0.1, -0.05) is 41.6 Å². The zero-order valence-electron chi connectivity index (χ0n) is 15.8. The van der Waals surface area contributed by atoms with Crippen molar-refractivity contribution in [3.63, 3.8) is 0 Å². The van der Waals surface area contributed by atoms with Crippen molar-refractivity contribution < 1.29 is 13.6 Å². The Balaban J connectivity index is 1.68. The van der Waals surface area contributed by atoms with Crippen LogP contribution in [0.25, 0.3) is 16.6 Å². The molecule has 0 bridgehead atoms. The van der Waals surface area contributed by atoms with Crippen LogP contribution >= 0.6 is 23.4 Å². The summed E-state index contributed by atoms with van der Waals surface area (Å²) in [6.45, 7) is 0. The van der Waals surface area contributed by atoms with Gasteiger partial charge in [-0.2, -0.15) is 0 Å². The van der Waals surface area contributed by atoms with Crippen LogP contribution in [-0.4, -0.2) is 21.2 Å². The Hall–Kier alpha value is -3.23. The van der Waals surface area contributed by atoms with Gasteiger partial charge >= 0.3 is 0 Å². The van der Waals surface area contributed by atoms with E-state index in [1.54, 1.807) is 48.5 Å². The van der Waals surface area contributed by atoms with Gasteiger partial charge in [0.2, 0.25) is 5.91 Å². The summed E-state index contributed by atoms with van der Waals surface area (Å²) in [6, 6.07) is 16.3. The van der Waals surface area contributed by atoms with E-state index in [4.69, 9.17) is 11.6 Å². The molecule has 9 heteroatoms. The Bertz CT molecular complexity index is 1360. The van der Waals surface area contributed by atoms with Crippen molar-refractivity contribution in [2.24, 2.45) is 0 Å². The molecule has 0 unspecified atom stereocenters. The van der Waals surface area contributed by atoms with Crippen molar-refractivity contribution in [3.05, 3.63) is 93.7 Å². The fraction of sp³-hybridized carbons (Fsp3) is 0.0455. The third-order valence-electron chi connectivity index (χ3n) is 4.35. The maximum Gasteiger partial charge on any atom is 0.266 e. The molecule has 0 saturated carbocycles. The van der Waals surface area contributed by atoms with Crippen molar-refractivity contribution in [1.82, 2.24) is 9.55 Å². The minimum absolute atomic E-state index is 0.179. The van der Waals surface area contributed by atoms with E-state index in [0.717, 1.165) is 30.0 Å². The maximum atomic E-state index is 13.8. The third-order valence-corrected chi connectivity index (χ3v) is 5.52. The monoisotopic (exact) mass is 457 g/mol. The number of amides is 1. The molecule has 0 spiro atoms. The molecule has 0 saturated heterocycles. The number of thioether (sulfide) groups is 1. The molecule has 3 aromatic carbocycles. The number of benzene rings is 3. The SMILES string of the molecule is O=C(CSc1nc2ccccc2c(=O)n1-c1cccc(Cl)c1)Nc1cc(F)ccc1F. The van der Waals surface area contributed by atoms with Gasteiger partial charge in [0.25, 0.3) is 5.56 Å². The highest BCUT2D eigenvalue weighted by Gasteiger charge is 2.16. The van der Waals surface area contributed by atoms with Crippen LogP contribution in [0.4, 0.5) is 14.5 Å². The van der Waals surface area contributed by atoms with Gasteiger partial charge in [0.1, 0.15) is 11.6 Å². The summed E-state index contributed by atoms with van der Waals surface area (Å²) in [7, 11) is 0. The maximum absolute atomic E-state index is 13.8. The Morgan fingerprint density at radius 3 is 2.68 bits per heavy atom. The van der Waals surface area contributed by atoms with Gasteiger partial charge in [-0.15, -0.1) is 0 Å². The van der Waals surface area contributed by atoms with Crippen LogP contribution in [0.3, 0.4) is 0 Å². The Kier molecular flexibility index (Phi) is 6.01. The minimum Gasteiger partial charge on any atom is -0.323 e. The Labute approximate surface area is 184 Å². The molecular weight excluding hydrogens is 444 g/mol. The van der Waals surface area contributed by atoms with Crippen molar-refractivity contribution in [3.8, 4) is 5.69 Å². The number of anilines is 1. The highest BCUT2D eigenvalue weighted by molar-refractivity contribution is 7.99. The lowest BCUT2D eigenvalue weighted by atomic mass is 10.2. The van der Waals surface area contributed by atoms with Crippen molar-refractivity contribution in [2.45, 2.75) is 5.16 Å². The first kappa shape index (κ1) is 21.0. The van der Waals surface area contributed by atoms with Crippen LogP contribution in [0.1, 0.15) is 0 Å². The van der Waals surface area contributed by atoms with Gasteiger partial charge in [0.05, 0.1) is 28.0 Å². The van der Waals surface area contributed by atoms with Gasteiger partial charge in [-0.3, -0.25) is 14.2 Å². The molecule has 0 aliphatic heterocycles. The van der Waals surface area contributed by atoms with E-state index in [-0.39, 0.29) is 22.2 Å². The lowest BCUT2D eigenvalue weighted by Crippen LogP contribution is -2.23. The van der Waals surface area contributed by atoms with Gasteiger partial charge in [0.15, 0.2) is 5.16 Å².